The molecule has 1 N–H and O–H groups in total. The smallest absolute Gasteiger partial charge is 0.0522 e. The number of nitrogens with zero attached hydrogens (tertiary/aromatic N) is 3. The molecule has 2 atom stereocenters. The third kappa shape index (κ3) is 4.32. The summed E-state index contributed by atoms with van der Waals surface area (Å²) in [5.74, 6) is 0.770. The zero-order valence-electron chi connectivity index (χ0n) is 12.8. The highest BCUT2D eigenvalue weighted by Crippen LogP contribution is 2.14. The largest absolute Gasteiger partial charge is 0.311 e. The summed E-state index contributed by atoms with van der Waals surface area (Å²) in [5.41, 5.74) is 1.34. The Morgan fingerprint density at radius 1 is 1.47 bits per heavy atom. The Morgan fingerprint density at radius 2 is 2.26 bits per heavy atom. The van der Waals surface area contributed by atoms with E-state index in [9.17, 15) is 0 Å². The number of piperazine rings is 1. The van der Waals surface area contributed by atoms with Gasteiger partial charge in [0.05, 0.1) is 6.20 Å². The molecule has 2 rings (SSSR count). The molecule has 4 heteroatoms. The van der Waals surface area contributed by atoms with Crippen molar-refractivity contribution in [1.82, 2.24) is 20.0 Å². The first kappa shape index (κ1) is 14.5. The summed E-state index contributed by atoms with van der Waals surface area (Å²) >= 11 is 0. The van der Waals surface area contributed by atoms with Crippen molar-refractivity contribution in [3.8, 4) is 0 Å². The Labute approximate surface area is 117 Å². The Hall–Kier alpha value is -0.870. The third-order valence-electron chi connectivity index (χ3n) is 3.98. The van der Waals surface area contributed by atoms with Crippen LogP contribution in [0, 0.1) is 5.92 Å². The van der Waals surface area contributed by atoms with Crippen molar-refractivity contribution >= 4 is 0 Å². The molecule has 1 fully saturated rings. The predicted molar refractivity (Wildman–Crippen MR) is 79.2 cm³/mol. The number of rotatable bonds is 5. The van der Waals surface area contributed by atoms with E-state index in [0.29, 0.717) is 12.1 Å². The van der Waals surface area contributed by atoms with Gasteiger partial charge in [-0.15, -0.1) is 0 Å². The lowest BCUT2D eigenvalue weighted by molar-refractivity contribution is 0.133. The van der Waals surface area contributed by atoms with Crippen molar-refractivity contribution in [3.05, 3.63) is 18.0 Å². The lowest BCUT2D eigenvalue weighted by Crippen LogP contribution is -2.56. The lowest BCUT2D eigenvalue weighted by Gasteiger charge is -2.39. The summed E-state index contributed by atoms with van der Waals surface area (Å²) in [7, 11) is 1.98. The number of hydrogen-bond donors (Lipinski definition) is 1. The SMILES string of the molecule is CC(C)CC1CN(CCc2cnn(C)c2)C(C)CN1. The number of aromatic nitrogens is 2. The molecule has 0 aliphatic carbocycles. The van der Waals surface area contributed by atoms with Gasteiger partial charge >= 0.3 is 0 Å². The van der Waals surface area contributed by atoms with Crippen molar-refractivity contribution in [1.29, 1.82) is 0 Å². The maximum atomic E-state index is 4.24. The van der Waals surface area contributed by atoms with E-state index < -0.39 is 0 Å². The lowest BCUT2D eigenvalue weighted by atomic mass is 10.00. The molecular formula is C15H28N4. The van der Waals surface area contributed by atoms with Gasteiger partial charge in [-0.2, -0.15) is 5.10 Å². The molecule has 1 aromatic heterocycles. The van der Waals surface area contributed by atoms with E-state index in [0.717, 1.165) is 25.4 Å². The van der Waals surface area contributed by atoms with Crippen LogP contribution in [0.15, 0.2) is 12.4 Å². The molecule has 19 heavy (non-hydrogen) atoms. The average molecular weight is 264 g/mol. The Kier molecular flexibility index (Phi) is 4.99. The fourth-order valence-electron chi connectivity index (χ4n) is 2.91. The van der Waals surface area contributed by atoms with E-state index in [-0.39, 0.29) is 0 Å². The van der Waals surface area contributed by atoms with Gasteiger partial charge in [0, 0.05) is 45.0 Å². The first-order valence-corrected chi connectivity index (χ1v) is 7.49. The minimum atomic E-state index is 0.639. The molecule has 0 radical (unpaired) electrons. The van der Waals surface area contributed by atoms with Crippen LogP contribution in [-0.2, 0) is 13.5 Å². The highest BCUT2D eigenvalue weighted by atomic mass is 15.2. The second-order valence-corrected chi connectivity index (χ2v) is 6.35. The van der Waals surface area contributed by atoms with Crippen molar-refractivity contribution in [2.45, 2.75) is 45.7 Å². The van der Waals surface area contributed by atoms with Gasteiger partial charge in [0.25, 0.3) is 0 Å². The van der Waals surface area contributed by atoms with E-state index in [1.807, 2.05) is 17.9 Å². The summed E-state index contributed by atoms with van der Waals surface area (Å²) in [4.78, 5) is 2.62. The molecule has 108 valence electrons. The van der Waals surface area contributed by atoms with Crippen molar-refractivity contribution in [3.63, 3.8) is 0 Å². The van der Waals surface area contributed by atoms with Gasteiger partial charge in [0.15, 0.2) is 0 Å². The van der Waals surface area contributed by atoms with Gasteiger partial charge in [-0.3, -0.25) is 9.58 Å². The van der Waals surface area contributed by atoms with Gasteiger partial charge in [-0.25, -0.2) is 0 Å². The summed E-state index contributed by atoms with van der Waals surface area (Å²) in [5, 5.41) is 7.91. The van der Waals surface area contributed by atoms with Crippen LogP contribution in [0.5, 0.6) is 0 Å². The van der Waals surface area contributed by atoms with Crippen LogP contribution in [0.4, 0.5) is 0 Å². The third-order valence-corrected chi connectivity index (χ3v) is 3.98. The van der Waals surface area contributed by atoms with Crippen LogP contribution in [0.3, 0.4) is 0 Å². The predicted octanol–water partition coefficient (Wildman–Crippen LogP) is 1.67. The highest BCUT2D eigenvalue weighted by Gasteiger charge is 2.24. The quantitative estimate of drug-likeness (QED) is 0.878. The molecule has 0 spiro atoms. The molecule has 0 aromatic carbocycles. The van der Waals surface area contributed by atoms with Crippen molar-refractivity contribution < 1.29 is 0 Å². The standard InChI is InChI=1S/C15H28N4/c1-12(2)7-15-11-19(13(3)8-16-15)6-5-14-9-17-18(4)10-14/h9-10,12-13,15-16H,5-8,11H2,1-4H3. The van der Waals surface area contributed by atoms with E-state index in [1.165, 1.54) is 18.5 Å². The van der Waals surface area contributed by atoms with Crippen LogP contribution in [-0.4, -0.2) is 46.4 Å². The zero-order valence-corrected chi connectivity index (χ0v) is 12.8. The fraction of sp³-hybridized carbons (Fsp3) is 0.800. The Balaban J connectivity index is 1.83. The summed E-state index contributed by atoms with van der Waals surface area (Å²) in [6.45, 7) is 10.4. The molecule has 1 aliphatic rings. The summed E-state index contributed by atoms with van der Waals surface area (Å²) in [6, 6.07) is 1.30. The van der Waals surface area contributed by atoms with Crippen molar-refractivity contribution in [2.75, 3.05) is 19.6 Å². The van der Waals surface area contributed by atoms with Gasteiger partial charge < -0.3 is 5.32 Å². The van der Waals surface area contributed by atoms with Gasteiger partial charge in [0.2, 0.25) is 0 Å². The molecule has 1 saturated heterocycles. The normalized spacial score (nSPS) is 25.1. The Morgan fingerprint density at radius 3 is 2.89 bits per heavy atom. The molecule has 2 unspecified atom stereocenters. The number of aryl methyl sites for hydroxylation is 1. The van der Waals surface area contributed by atoms with Crippen LogP contribution in [0.1, 0.15) is 32.8 Å². The minimum absolute atomic E-state index is 0.639. The minimum Gasteiger partial charge on any atom is -0.311 e. The van der Waals surface area contributed by atoms with E-state index >= 15 is 0 Å². The second kappa shape index (κ2) is 6.53. The maximum Gasteiger partial charge on any atom is 0.0522 e. The molecule has 1 aliphatic heterocycles. The van der Waals surface area contributed by atoms with Crippen molar-refractivity contribution in [2.24, 2.45) is 13.0 Å². The molecular weight excluding hydrogens is 236 g/mol. The highest BCUT2D eigenvalue weighted by molar-refractivity contribution is 5.04. The molecule has 1 aromatic rings. The van der Waals surface area contributed by atoms with Crippen LogP contribution < -0.4 is 5.32 Å². The molecule has 0 bridgehead atoms. The monoisotopic (exact) mass is 264 g/mol. The van der Waals surface area contributed by atoms with E-state index in [2.05, 4.69) is 42.3 Å². The molecule has 0 amide bonds. The van der Waals surface area contributed by atoms with Crippen LogP contribution in [0.25, 0.3) is 0 Å². The maximum absolute atomic E-state index is 4.24. The second-order valence-electron chi connectivity index (χ2n) is 6.35. The van der Waals surface area contributed by atoms with E-state index in [1.54, 1.807) is 0 Å². The summed E-state index contributed by atoms with van der Waals surface area (Å²) < 4.78 is 1.89. The number of hydrogen-bond acceptors (Lipinski definition) is 3. The molecule has 4 nitrogen and oxygen atoms in total. The van der Waals surface area contributed by atoms with Gasteiger partial charge in [-0.1, -0.05) is 13.8 Å². The first-order valence-electron chi connectivity index (χ1n) is 7.49. The topological polar surface area (TPSA) is 33.1 Å². The zero-order chi connectivity index (χ0) is 13.8. The molecule has 0 saturated carbocycles. The first-order chi connectivity index (χ1) is 9.04. The van der Waals surface area contributed by atoms with E-state index in [4.69, 9.17) is 0 Å². The molecule has 2 heterocycles. The summed E-state index contributed by atoms with van der Waals surface area (Å²) in [6.07, 6.45) is 6.49. The van der Waals surface area contributed by atoms with Crippen LogP contribution >= 0.6 is 0 Å². The van der Waals surface area contributed by atoms with Crippen LogP contribution in [0.2, 0.25) is 0 Å². The van der Waals surface area contributed by atoms with Gasteiger partial charge in [-0.05, 0) is 31.2 Å². The Bertz CT molecular complexity index is 385. The average Bonchev–Trinajstić information content (AvgIpc) is 2.75. The number of nitrogens with one attached hydrogen (secondary N) is 1. The fourth-order valence-corrected chi connectivity index (χ4v) is 2.91. The van der Waals surface area contributed by atoms with Gasteiger partial charge in [0.1, 0.15) is 0 Å².